The van der Waals surface area contributed by atoms with Crippen LogP contribution < -0.4 is 18.7 Å². The number of nitrogens with zero attached hydrogens (tertiary/aromatic N) is 3. The van der Waals surface area contributed by atoms with Crippen molar-refractivity contribution in [2.24, 2.45) is 0 Å². The zero-order chi connectivity index (χ0) is 22.9. The number of hydrogen-bond acceptors (Lipinski definition) is 6. The van der Waals surface area contributed by atoms with Crippen molar-refractivity contribution in [3.8, 4) is 17.6 Å². The topological polar surface area (TPSA) is 106 Å². The number of para-hydroxylation sites is 1. The van der Waals surface area contributed by atoms with Crippen molar-refractivity contribution in [1.82, 2.24) is 0 Å². The summed E-state index contributed by atoms with van der Waals surface area (Å²) in [5, 5.41) is 9.21. The van der Waals surface area contributed by atoms with Crippen LogP contribution in [0.1, 0.15) is 11.1 Å². The average Bonchev–Trinajstić information content (AvgIpc) is 2.81. The van der Waals surface area contributed by atoms with Gasteiger partial charge >= 0.3 is 6.03 Å². The zero-order valence-corrected chi connectivity index (χ0v) is 18.2. The van der Waals surface area contributed by atoms with Crippen molar-refractivity contribution in [2.45, 2.75) is 11.4 Å². The first kappa shape index (κ1) is 21.5. The van der Waals surface area contributed by atoms with E-state index in [1.807, 2.05) is 6.07 Å². The lowest BCUT2D eigenvalue weighted by molar-refractivity contribution is 0.252. The van der Waals surface area contributed by atoms with Crippen molar-refractivity contribution in [3.05, 3.63) is 77.9 Å². The zero-order valence-electron chi connectivity index (χ0n) is 17.4. The van der Waals surface area contributed by atoms with Gasteiger partial charge in [-0.05, 0) is 42.0 Å². The monoisotopic (exact) mass is 451 g/mol. The highest BCUT2D eigenvalue weighted by Crippen LogP contribution is 2.60. The molecule has 0 aliphatic carbocycles. The summed E-state index contributed by atoms with van der Waals surface area (Å²) in [4.78, 5) is 15.3. The summed E-state index contributed by atoms with van der Waals surface area (Å²) in [5.41, 5.74) is 1.86. The molecule has 3 aromatic carbocycles. The predicted octanol–water partition coefficient (Wildman–Crippen LogP) is 5.25. The van der Waals surface area contributed by atoms with E-state index in [1.165, 1.54) is 25.2 Å². The first-order valence-electron chi connectivity index (χ1n) is 9.61. The SMILES string of the molecule is COc1ccc(N2C(=O)N(Cc3cccc(C#N)c3)c3ccccc3S2(O)O)cc1OC. The van der Waals surface area contributed by atoms with Crippen LogP contribution in [-0.4, -0.2) is 29.4 Å². The summed E-state index contributed by atoms with van der Waals surface area (Å²) in [7, 11) is -0.724. The van der Waals surface area contributed by atoms with Gasteiger partial charge in [-0.2, -0.15) is 9.57 Å². The van der Waals surface area contributed by atoms with Crippen LogP contribution >= 0.6 is 10.8 Å². The molecule has 0 radical (unpaired) electrons. The number of hydrogen-bond donors (Lipinski definition) is 2. The maximum Gasteiger partial charge on any atom is 0.348 e. The number of rotatable bonds is 5. The Morgan fingerprint density at radius 2 is 1.72 bits per heavy atom. The molecule has 1 heterocycles. The second-order valence-electron chi connectivity index (χ2n) is 7.00. The van der Waals surface area contributed by atoms with Crippen molar-refractivity contribution in [1.29, 1.82) is 5.26 Å². The number of ether oxygens (including phenoxy) is 2. The Balaban J connectivity index is 1.84. The second-order valence-corrected chi connectivity index (χ2v) is 8.84. The van der Waals surface area contributed by atoms with Crippen molar-refractivity contribution < 1.29 is 23.4 Å². The van der Waals surface area contributed by atoms with Gasteiger partial charge < -0.3 is 9.47 Å². The molecule has 1 aliphatic heterocycles. The van der Waals surface area contributed by atoms with Crippen molar-refractivity contribution in [2.75, 3.05) is 23.4 Å². The van der Waals surface area contributed by atoms with Gasteiger partial charge in [0.2, 0.25) is 0 Å². The quantitative estimate of drug-likeness (QED) is 0.549. The standard InChI is InChI=1S/C23H21N3O5S/c1-30-20-11-10-18(13-21(20)31-2)26-23(27)25(15-17-7-5-6-16(12-17)14-24)19-8-3-4-9-22(19)32(26,28)29/h3-13,28-29H,15H2,1-2H3. The molecule has 0 spiro atoms. The van der Waals surface area contributed by atoms with Crippen LogP contribution in [0.5, 0.6) is 11.5 Å². The van der Waals surface area contributed by atoms with Crippen LogP contribution in [0.2, 0.25) is 0 Å². The van der Waals surface area contributed by atoms with Crippen molar-refractivity contribution in [3.63, 3.8) is 0 Å². The maximum atomic E-state index is 13.6. The molecule has 32 heavy (non-hydrogen) atoms. The molecular weight excluding hydrogens is 430 g/mol. The number of fused-ring (bicyclic) bond motifs is 1. The summed E-state index contributed by atoms with van der Waals surface area (Å²) < 4.78 is 33.9. The Hall–Kier alpha value is -3.71. The van der Waals surface area contributed by atoms with E-state index in [-0.39, 0.29) is 17.1 Å². The second kappa shape index (κ2) is 8.43. The van der Waals surface area contributed by atoms with Crippen molar-refractivity contribution >= 4 is 28.2 Å². The normalized spacial score (nSPS) is 15.5. The largest absolute Gasteiger partial charge is 0.493 e. The highest BCUT2D eigenvalue weighted by atomic mass is 32.3. The van der Waals surface area contributed by atoms with Crippen LogP contribution in [0, 0.1) is 11.3 Å². The first-order chi connectivity index (χ1) is 15.4. The molecule has 9 heteroatoms. The Morgan fingerprint density at radius 3 is 2.44 bits per heavy atom. The van der Waals surface area contributed by atoms with Gasteiger partial charge in [0, 0.05) is 6.07 Å². The molecule has 0 saturated heterocycles. The minimum Gasteiger partial charge on any atom is -0.493 e. The van der Waals surface area contributed by atoms with Crippen LogP contribution in [0.25, 0.3) is 0 Å². The maximum absolute atomic E-state index is 13.6. The number of methoxy groups -OCH3 is 2. The Labute approximate surface area is 187 Å². The predicted molar refractivity (Wildman–Crippen MR) is 122 cm³/mol. The van der Waals surface area contributed by atoms with E-state index in [9.17, 15) is 19.2 Å². The molecule has 2 amide bonds. The molecule has 4 rings (SSSR count). The minimum absolute atomic E-state index is 0.144. The van der Waals surface area contributed by atoms with E-state index < -0.39 is 16.8 Å². The fourth-order valence-corrected chi connectivity index (χ4v) is 5.26. The summed E-state index contributed by atoms with van der Waals surface area (Å²) in [6, 6.07) is 19.8. The summed E-state index contributed by atoms with van der Waals surface area (Å²) >= 11 is 0. The number of carbonyl (C=O) groups is 1. The van der Waals surface area contributed by atoms with E-state index in [1.54, 1.807) is 54.6 Å². The smallest absolute Gasteiger partial charge is 0.348 e. The summed E-state index contributed by atoms with van der Waals surface area (Å²) in [5.74, 6) is 0.794. The van der Waals surface area contributed by atoms with Gasteiger partial charge in [0.25, 0.3) is 0 Å². The lowest BCUT2D eigenvalue weighted by atomic mass is 10.1. The number of anilines is 2. The molecule has 0 unspecified atom stereocenters. The minimum atomic E-state index is -3.67. The lowest BCUT2D eigenvalue weighted by Crippen LogP contribution is -2.48. The Morgan fingerprint density at radius 1 is 0.969 bits per heavy atom. The summed E-state index contributed by atoms with van der Waals surface area (Å²) in [6.07, 6.45) is 0. The van der Waals surface area contributed by atoms with Gasteiger partial charge in [0.05, 0.1) is 43.8 Å². The summed E-state index contributed by atoms with van der Waals surface area (Å²) in [6.45, 7) is 0.144. The molecule has 0 atom stereocenters. The molecule has 164 valence electrons. The van der Waals surface area contributed by atoms with E-state index in [0.29, 0.717) is 22.7 Å². The molecule has 0 fully saturated rings. The highest BCUT2D eigenvalue weighted by Gasteiger charge is 2.43. The van der Waals surface area contributed by atoms with Crippen LogP contribution in [0.4, 0.5) is 16.2 Å². The van der Waals surface area contributed by atoms with Crippen LogP contribution in [0.3, 0.4) is 0 Å². The molecule has 0 bridgehead atoms. The Kier molecular flexibility index (Phi) is 5.67. The van der Waals surface area contributed by atoms with Gasteiger partial charge in [0.1, 0.15) is 4.90 Å². The van der Waals surface area contributed by atoms with Crippen LogP contribution in [-0.2, 0) is 6.54 Å². The first-order valence-corrected chi connectivity index (χ1v) is 11.1. The van der Waals surface area contributed by atoms with Gasteiger partial charge in [0.15, 0.2) is 11.5 Å². The third-order valence-electron chi connectivity index (χ3n) is 5.11. The molecule has 3 aromatic rings. The number of nitriles is 1. The number of amides is 2. The number of benzene rings is 3. The molecule has 0 aromatic heterocycles. The van der Waals surface area contributed by atoms with Gasteiger partial charge in [-0.15, -0.1) is 0 Å². The van der Waals surface area contributed by atoms with E-state index in [0.717, 1.165) is 9.87 Å². The van der Waals surface area contributed by atoms with Gasteiger partial charge in [-0.25, -0.2) is 4.79 Å². The molecule has 8 nitrogen and oxygen atoms in total. The molecule has 0 saturated carbocycles. The lowest BCUT2D eigenvalue weighted by Gasteiger charge is -2.49. The molecular formula is C23H21N3O5S. The highest BCUT2D eigenvalue weighted by molar-refractivity contribution is 8.26. The average molecular weight is 452 g/mol. The Bertz CT molecular complexity index is 1220. The number of urea groups is 1. The third kappa shape index (κ3) is 3.61. The third-order valence-corrected chi connectivity index (χ3v) is 6.92. The van der Waals surface area contributed by atoms with E-state index in [2.05, 4.69) is 6.07 Å². The molecule has 1 aliphatic rings. The molecule has 2 N–H and O–H groups in total. The fourth-order valence-electron chi connectivity index (χ4n) is 3.61. The van der Waals surface area contributed by atoms with Gasteiger partial charge in [-0.1, -0.05) is 35.0 Å². The van der Waals surface area contributed by atoms with Crippen LogP contribution in [0.15, 0.2) is 71.6 Å². The fraction of sp³-hybridized carbons (Fsp3) is 0.130. The number of carbonyl (C=O) groups excluding carboxylic acids is 1. The van der Waals surface area contributed by atoms with E-state index >= 15 is 0 Å². The van der Waals surface area contributed by atoms with Gasteiger partial charge in [-0.3, -0.25) is 14.0 Å². The van der Waals surface area contributed by atoms with E-state index in [4.69, 9.17) is 9.47 Å².